The topological polar surface area (TPSA) is 69.7 Å². The van der Waals surface area contributed by atoms with E-state index in [9.17, 15) is 17.6 Å². The largest absolute Gasteiger partial charge is 0.322 e. The van der Waals surface area contributed by atoms with Crippen LogP contribution >= 0.6 is 11.6 Å². The molecule has 1 saturated heterocycles. The summed E-state index contributed by atoms with van der Waals surface area (Å²) in [5.74, 6) is -0.608. The van der Waals surface area contributed by atoms with Crippen molar-refractivity contribution in [3.8, 4) is 0 Å². The van der Waals surface area contributed by atoms with Crippen molar-refractivity contribution in [1.29, 1.82) is 0 Å². The number of carbonyl (C=O) groups excluding carboxylic acids is 1. The van der Waals surface area contributed by atoms with E-state index >= 15 is 0 Å². The number of benzene rings is 2. The van der Waals surface area contributed by atoms with Crippen molar-refractivity contribution >= 4 is 33.3 Å². The number of sulfonamides is 1. The van der Waals surface area contributed by atoms with Gasteiger partial charge in [-0.2, -0.15) is 4.31 Å². The van der Waals surface area contributed by atoms with Gasteiger partial charge in [-0.05, 0) is 30.3 Å². The molecule has 2 amide bonds. The van der Waals surface area contributed by atoms with Crippen molar-refractivity contribution < 1.29 is 17.6 Å². The molecule has 0 aromatic heterocycles. The van der Waals surface area contributed by atoms with Crippen LogP contribution in [-0.2, 0) is 10.0 Å². The second-order valence-corrected chi connectivity index (χ2v) is 8.10. The predicted octanol–water partition coefficient (Wildman–Crippen LogP) is 3.02. The first-order valence-electron chi connectivity index (χ1n) is 7.94. The summed E-state index contributed by atoms with van der Waals surface area (Å²) < 4.78 is 39.7. The highest BCUT2D eigenvalue weighted by Crippen LogP contribution is 2.22. The van der Waals surface area contributed by atoms with E-state index in [-0.39, 0.29) is 37.1 Å². The third-order valence-corrected chi connectivity index (χ3v) is 6.30. The number of urea groups is 1. The summed E-state index contributed by atoms with van der Waals surface area (Å²) in [4.78, 5) is 13.8. The van der Waals surface area contributed by atoms with Gasteiger partial charge in [-0.1, -0.05) is 29.8 Å². The van der Waals surface area contributed by atoms with Crippen LogP contribution in [0.25, 0.3) is 0 Å². The van der Waals surface area contributed by atoms with Gasteiger partial charge in [-0.3, -0.25) is 0 Å². The average molecular weight is 398 g/mol. The zero-order valence-electron chi connectivity index (χ0n) is 13.7. The van der Waals surface area contributed by atoms with Crippen LogP contribution in [0.3, 0.4) is 0 Å². The number of anilines is 1. The Labute approximate surface area is 156 Å². The Hall–Kier alpha value is -2.16. The van der Waals surface area contributed by atoms with Crippen LogP contribution in [0.15, 0.2) is 53.4 Å². The number of amides is 2. The van der Waals surface area contributed by atoms with Crippen LogP contribution in [0.5, 0.6) is 0 Å². The Balaban J connectivity index is 1.64. The van der Waals surface area contributed by atoms with E-state index in [0.29, 0.717) is 10.7 Å². The molecule has 138 valence electrons. The number of nitrogens with zero attached hydrogens (tertiary/aromatic N) is 2. The maximum atomic E-state index is 13.3. The molecule has 0 atom stereocenters. The molecule has 3 rings (SSSR count). The standard InChI is InChI=1S/C17H17ClFN3O3S/c18-15-6-1-2-7-16(15)20-17(23)21-8-10-22(11-9-21)26(24,25)14-5-3-4-13(19)12-14/h1-7,12H,8-11H2,(H,20,23). The van der Waals surface area contributed by atoms with Gasteiger partial charge in [0.15, 0.2) is 0 Å². The quantitative estimate of drug-likeness (QED) is 0.865. The van der Waals surface area contributed by atoms with Crippen molar-refractivity contribution in [1.82, 2.24) is 9.21 Å². The predicted molar refractivity (Wildman–Crippen MR) is 97.2 cm³/mol. The summed E-state index contributed by atoms with van der Waals surface area (Å²) in [6.07, 6.45) is 0. The van der Waals surface area contributed by atoms with Crippen LogP contribution in [0.4, 0.5) is 14.9 Å². The number of piperazine rings is 1. The summed E-state index contributed by atoms with van der Waals surface area (Å²) >= 11 is 6.02. The molecule has 1 N–H and O–H groups in total. The highest BCUT2D eigenvalue weighted by molar-refractivity contribution is 7.89. The molecule has 1 fully saturated rings. The van der Waals surface area contributed by atoms with Gasteiger partial charge in [0.25, 0.3) is 0 Å². The van der Waals surface area contributed by atoms with Gasteiger partial charge in [0.1, 0.15) is 5.82 Å². The molecular weight excluding hydrogens is 381 g/mol. The van der Waals surface area contributed by atoms with Crippen LogP contribution in [0.2, 0.25) is 5.02 Å². The first kappa shape index (κ1) is 18.6. The monoisotopic (exact) mass is 397 g/mol. The fraction of sp³-hybridized carbons (Fsp3) is 0.235. The number of hydrogen-bond acceptors (Lipinski definition) is 3. The van der Waals surface area contributed by atoms with E-state index in [1.807, 2.05) is 0 Å². The molecule has 26 heavy (non-hydrogen) atoms. The minimum atomic E-state index is -3.79. The fourth-order valence-electron chi connectivity index (χ4n) is 2.66. The SMILES string of the molecule is O=C(Nc1ccccc1Cl)N1CCN(S(=O)(=O)c2cccc(F)c2)CC1. The number of carbonyl (C=O) groups is 1. The lowest BCUT2D eigenvalue weighted by molar-refractivity contribution is 0.184. The van der Waals surface area contributed by atoms with Crippen molar-refractivity contribution in [3.63, 3.8) is 0 Å². The van der Waals surface area contributed by atoms with E-state index < -0.39 is 15.8 Å². The van der Waals surface area contributed by atoms with E-state index in [4.69, 9.17) is 11.6 Å². The average Bonchev–Trinajstić information content (AvgIpc) is 2.63. The van der Waals surface area contributed by atoms with Gasteiger partial charge < -0.3 is 10.2 Å². The third kappa shape index (κ3) is 3.98. The molecule has 1 aliphatic rings. The molecule has 1 aliphatic heterocycles. The smallest absolute Gasteiger partial charge is 0.321 e. The summed E-state index contributed by atoms with van der Waals surface area (Å²) in [5, 5.41) is 3.13. The maximum Gasteiger partial charge on any atom is 0.321 e. The molecule has 2 aromatic carbocycles. The van der Waals surface area contributed by atoms with Gasteiger partial charge >= 0.3 is 6.03 Å². The Morgan fingerprint density at radius 2 is 1.73 bits per heavy atom. The minimum absolute atomic E-state index is 0.0912. The summed E-state index contributed by atoms with van der Waals surface area (Å²) in [7, 11) is -3.79. The Morgan fingerprint density at radius 1 is 1.04 bits per heavy atom. The van der Waals surface area contributed by atoms with Gasteiger partial charge in [-0.15, -0.1) is 0 Å². The summed E-state index contributed by atoms with van der Waals surface area (Å²) in [6, 6.07) is 11.4. The van der Waals surface area contributed by atoms with Crippen molar-refractivity contribution in [2.24, 2.45) is 0 Å². The van der Waals surface area contributed by atoms with Crippen LogP contribution in [-0.4, -0.2) is 49.8 Å². The van der Waals surface area contributed by atoms with E-state index in [2.05, 4.69) is 5.32 Å². The third-order valence-electron chi connectivity index (χ3n) is 4.08. The lowest BCUT2D eigenvalue weighted by Gasteiger charge is -2.34. The molecule has 1 heterocycles. The van der Waals surface area contributed by atoms with Crippen LogP contribution < -0.4 is 5.32 Å². The molecule has 0 radical (unpaired) electrons. The van der Waals surface area contributed by atoms with Crippen molar-refractivity contribution in [2.75, 3.05) is 31.5 Å². The summed E-state index contributed by atoms with van der Waals surface area (Å²) in [6.45, 7) is 0.721. The molecule has 9 heteroatoms. The summed E-state index contributed by atoms with van der Waals surface area (Å²) in [5.41, 5.74) is 0.494. The van der Waals surface area contributed by atoms with Crippen molar-refractivity contribution in [3.05, 3.63) is 59.4 Å². The highest BCUT2D eigenvalue weighted by Gasteiger charge is 2.30. The number of nitrogens with one attached hydrogen (secondary N) is 1. The second kappa shape index (κ2) is 7.61. The minimum Gasteiger partial charge on any atom is -0.322 e. The highest BCUT2D eigenvalue weighted by atomic mass is 35.5. The second-order valence-electron chi connectivity index (χ2n) is 5.76. The Bertz CT molecular complexity index is 915. The molecule has 0 unspecified atom stereocenters. The van der Waals surface area contributed by atoms with Crippen LogP contribution in [0.1, 0.15) is 0 Å². The number of para-hydroxylation sites is 1. The lowest BCUT2D eigenvalue weighted by Crippen LogP contribution is -2.51. The number of halogens is 2. The first-order valence-corrected chi connectivity index (χ1v) is 9.76. The van der Waals surface area contributed by atoms with E-state index in [1.165, 1.54) is 27.4 Å². The van der Waals surface area contributed by atoms with Gasteiger partial charge in [0.2, 0.25) is 10.0 Å². The van der Waals surface area contributed by atoms with E-state index in [0.717, 1.165) is 6.07 Å². The van der Waals surface area contributed by atoms with E-state index in [1.54, 1.807) is 24.3 Å². The number of hydrogen-bond donors (Lipinski definition) is 1. The first-order chi connectivity index (χ1) is 12.4. The van der Waals surface area contributed by atoms with Gasteiger partial charge in [0, 0.05) is 26.2 Å². The number of rotatable bonds is 3. The normalized spacial score (nSPS) is 15.7. The zero-order chi connectivity index (χ0) is 18.7. The molecule has 0 saturated carbocycles. The van der Waals surface area contributed by atoms with Crippen molar-refractivity contribution in [2.45, 2.75) is 4.90 Å². The molecule has 0 spiro atoms. The molecule has 6 nitrogen and oxygen atoms in total. The Kier molecular flexibility index (Phi) is 5.45. The molecule has 0 aliphatic carbocycles. The zero-order valence-corrected chi connectivity index (χ0v) is 15.3. The maximum absolute atomic E-state index is 13.3. The molecule has 0 bridgehead atoms. The van der Waals surface area contributed by atoms with Gasteiger partial charge in [0.05, 0.1) is 15.6 Å². The Morgan fingerprint density at radius 3 is 2.38 bits per heavy atom. The molecular formula is C17H17ClFN3O3S. The van der Waals surface area contributed by atoms with Gasteiger partial charge in [-0.25, -0.2) is 17.6 Å². The lowest BCUT2D eigenvalue weighted by atomic mass is 10.3. The van der Waals surface area contributed by atoms with Crippen LogP contribution in [0, 0.1) is 5.82 Å². The fourth-order valence-corrected chi connectivity index (χ4v) is 4.30. The molecule has 2 aromatic rings.